The zero-order valence-electron chi connectivity index (χ0n) is 8.90. The summed E-state index contributed by atoms with van der Waals surface area (Å²) in [7, 11) is 0. The first-order valence-electron chi connectivity index (χ1n) is 5.37. The van der Waals surface area contributed by atoms with Crippen LogP contribution in [0.15, 0.2) is 40.2 Å². The lowest BCUT2D eigenvalue weighted by Crippen LogP contribution is -2.18. The van der Waals surface area contributed by atoms with E-state index >= 15 is 0 Å². The number of benzene rings is 1. The van der Waals surface area contributed by atoms with Crippen LogP contribution in [-0.2, 0) is 6.42 Å². The summed E-state index contributed by atoms with van der Waals surface area (Å²) in [5, 5.41) is 2.09. The fraction of sp³-hybridized carbons (Fsp3) is 0.231. The minimum absolute atomic E-state index is 0.183. The smallest absolute Gasteiger partial charge is 0.123 e. The lowest BCUT2D eigenvalue weighted by Gasteiger charge is -2.16. The maximum Gasteiger partial charge on any atom is 0.123 e. The van der Waals surface area contributed by atoms with Crippen molar-refractivity contribution in [3.63, 3.8) is 0 Å². The van der Waals surface area contributed by atoms with Crippen molar-refractivity contribution >= 4 is 43.2 Å². The van der Waals surface area contributed by atoms with Crippen LogP contribution in [0.2, 0.25) is 0 Å². The minimum Gasteiger partial charge on any atom is -0.488 e. The molecule has 3 rings (SSSR count). The summed E-state index contributed by atoms with van der Waals surface area (Å²) in [6.45, 7) is 0. The standard InChI is InChI=1S/C13H10Br2OS/c14-9-5-6-17-13(9)12(15)11-7-8-3-1-2-4-10(8)16-11/h1-6,11-12H,7H2. The predicted octanol–water partition coefficient (Wildman–Crippen LogP) is 4.95. The van der Waals surface area contributed by atoms with Gasteiger partial charge in [-0.2, -0.15) is 0 Å². The van der Waals surface area contributed by atoms with E-state index in [9.17, 15) is 0 Å². The van der Waals surface area contributed by atoms with E-state index in [0.29, 0.717) is 0 Å². The van der Waals surface area contributed by atoms with E-state index in [1.54, 1.807) is 11.3 Å². The van der Waals surface area contributed by atoms with Crippen molar-refractivity contribution in [1.29, 1.82) is 0 Å². The van der Waals surface area contributed by atoms with Crippen molar-refractivity contribution < 1.29 is 4.74 Å². The summed E-state index contributed by atoms with van der Waals surface area (Å²) in [5.41, 5.74) is 1.30. The second-order valence-corrected chi connectivity index (χ2v) is 6.79. The van der Waals surface area contributed by atoms with Gasteiger partial charge in [0.25, 0.3) is 0 Å². The molecule has 0 radical (unpaired) electrons. The molecule has 1 nitrogen and oxygen atoms in total. The van der Waals surface area contributed by atoms with E-state index in [1.165, 1.54) is 10.4 Å². The number of halogens is 2. The summed E-state index contributed by atoms with van der Waals surface area (Å²) in [6.07, 6.45) is 1.15. The largest absolute Gasteiger partial charge is 0.488 e. The maximum atomic E-state index is 5.99. The predicted molar refractivity (Wildman–Crippen MR) is 78.2 cm³/mol. The van der Waals surface area contributed by atoms with Crippen LogP contribution in [0, 0.1) is 0 Å². The second kappa shape index (κ2) is 4.75. The molecule has 2 unspecified atom stereocenters. The number of para-hydroxylation sites is 1. The second-order valence-electron chi connectivity index (χ2n) is 4.00. The van der Waals surface area contributed by atoms with Gasteiger partial charge < -0.3 is 4.74 Å². The number of hydrogen-bond acceptors (Lipinski definition) is 2. The fourth-order valence-electron chi connectivity index (χ4n) is 2.04. The van der Waals surface area contributed by atoms with E-state index in [2.05, 4.69) is 55.4 Å². The number of fused-ring (bicyclic) bond motifs is 1. The van der Waals surface area contributed by atoms with Crippen molar-refractivity contribution in [2.24, 2.45) is 0 Å². The van der Waals surface area contributed by atoms with Crippen LogP contribution in [0.4, 0.5) is 0 Å². The van der Waals surface area contributed by atoms with Crippen molar-refractivity contribution in [3.05, 3.63) is 50.6 Å². The van der Waals surface area contributed by atoms with E-state index in [4.69, 9.17) is 4.74 Å². The monoisotopic (exact) mass is 372 g/mol. The van der Waals surface area contributed by atoms with Gasteiger partial charge in [0.1, 0.15) is 11.9 Å². The molecule has 0 N–H and O–H groups in total. The number of hydrogen-bond donors (Lipinski definition) is 0. The third kappa shape index (κ3) is 2.18. The van der Waals surface area contributed by atoms with Gasteiger partial charge in [0, 0.05) is 15.8 Å². The molecule has 88 valence electrons. The topological polar surface area (TPSA) is 9.23 Å². The fourth-order valence-corrected chi connectivity index (χ4v) is 4.86. The first-order chi connectivity index (χ1) is 8.25. The van der Waals surface area contributed by atoms with Gasteiger partial charge in [-0.1, -0.05) is 34.1 Å². The van der Waals surface area contributed by atoms with Gasteiger partial charge in [-0.05, 0) is 39.0 Å². The van der Waals surface area contributed by atoms with Crippen molar-refractivity contribution in [3.8, 4) is 5.75 Å². The summed E-state index contributed by atoms with van der Waals surface area (Å²) in [6, 6.07) is 10.3. The van der Waals surface area contributed by atoms with Crippen LogP contribution in [0.3, 0.4) is 0 Å². The Morgan fingerprint density at radius 2 is 2.12 bits per heavy atom. The molecule has 2 aromatic rings. The summed E-state index contributed by atoms with van der Waals surface area (Å²) >= 11 is 9.08. The van der Waals surface area contributed by atoms with Crippen LogP contribution in [0.5, 0.6) is 5.75 Å². The molecule has 0 bridgehead atoms. The molecule has 4 heteroatoms. The summed E-state index contributed by atoms with van der Waals surface area (Å²) in [5.74, 6) is 1.02. The molecule has 0 saturated heterocycles. The van der Waals surface area contributed by atoms with Crippen LogP contribution in [0.1, 0.15) is 15.3 Å². The average molecular weight is 374 g/mol. The van der Waals surface area contributed by atoms with E-state index in [1.807, 2.05) is 12.1 Å². The molecule has 2 atom stereocenters. The number of alkyl halides is 1. The first-order valence-corrected chi connectivity index (χ1v) is 7.96. The van der Waals surface area contributed by atoms with Crippen molar-refractivity contribution in [2.75, 3.05) is 0 Å². The zero-order chi connectivity index (χ0) is 11.8. The zero-order valence-corrected chi connectivity index (χ0v) is 12.9. The minimum atomic E-state index is 0.183. The Balaban J connectivity index is 1.83. The lowest BCUT2D eigenvalue weighted by atomic mass is 10.1. The Morgan fingerprint density at radius 3 is 2.82 bits per heavy atom. The van der Waals surface area contributed by atoms with Gasteiger partial charge in [0.15, 0.2) is 0 Å². The number of rotatable bonds is 2. The van der Waals surface area contributed by atoms with Gasteiger partial charge in [0.05, 0.1) is 4.83 Å². The van der Waals surface area contributed by atoms with Gasteiger partial charge in [-0.25, -0.2) is 0 Å². The third-order valence-corrected chi connectivity index (χ3v) is 6.20. The molecule has 17 heavy (non-hydrogen) atoms. The highest BCUT2D eigenvalue weighted by Crippen LogP contribution is 2.42. The molecule has 2 heterocycles. The van der Waals surface area contributed by atoms with E-state index < -0.39 is 0 Å². The quantitative estimate of drug-likeness (QED) is 0.676. The Bertz CT molecular complexity index is 513. The summed E-state index contributed by atoms with van der Waals surface area (Å²) < 4.78 is 7.14. The van der Waals surface area contributed by atoms with Gasteiger partial charge in [0.2, 0.25) is 0 Å². The molecule has 0 amide bonds. The average Bonchev–Trinajstić information content (AvgIpc) is 2.93. The maximum absolute atomic E-state index is 5.99. The molecule has 0 saturated carbocycles. The van der Waals surface area contributed by atoms with Gasteiger partial charge >= 0.3 is 0 Å². The normalized spacial score (nSPS) is 19.8. The molecule has 0 fully saturated rings. The van der Waals surface area contributed by atoms with Crippen molar-refractivity contribution in [2.45, 2.75) is 17.4 Å². The Kier molecular flexibility index (Phi) is 3.28. The lowest BCUT2D eigenvalue weighted by molar-refractivity contribution is 0.232. The Labute approximate surface area is 121 Å². The van der Waals surface area contributed by atoms with Crippen LogP contribution >= 0.6 is 43.2 Å². The van der Waals surface area contributed by atoms with Crippen LogP contribution in [-0.4, -0.2) is 6.10 Å². The van der Waals surface area contributed by atoms with Crippen LogP contribution in [0.25, 0.3) is 0 Å². The van der Waals surface area contributed by atoms with E-state index in [-0.39, 0.29) is 10.9 Å². The highest BCUT2D eigenvalue weighted by Gasteiger charge is 2.31. The van der Waals surface area contributed by atoms with E-state index in [0.717, 1.165) is 16.6 Å². The molecule has 1 aliphatic heterocycles. The number of ether oxygens (including phenoxy) is 1. The third-order valence-electron chi connectivity index (χ3n) is 2.89. The molecule has 1 aromatic carbocycles. The highest BCUT2D eigenvalue weighted by molar-refractivity contribution is 9.11. The van der Waals surface area contributed by atoms with Crippen LogP contribution < -0.4 is 4.74 Å². The summed E-state index contributed by atoms with van der Waals surface area (Å²) in [4.78, 5) is 1.53. The highest BCUT2D eigenvalue weighted by atomic mass is 79.9. The molecule has 1 aliphatic rings. The molecule has 1 aromatic heterocycles. The Hall–Kier alpha value is -0.320. The molecular formula is C13H10Br2OS. The van der Waals surface area contributed by atoms with Crippen molar-refractivity contribution in [1.82, 2.24) is 0 Å². The molecule has 0 aliphatic carbocycles. The SMILES string of the molecule is Brc1ccsc1C(Br)C1Cc2ccccc2O1. The molecular weight excluding hydrogens is 364 g/mol. The molecule has 0 spiro atoms. The number of thiophene rings is 1. The Morgan fingerprint density at radius 1 is 1.29 bits per heavy atom. The first kappa shape index (κ1) is 11.8. The van der Waals surface area contributed by atoms with Gasteiger partial charge in [-0.3, -0.25) is 0 Å². The van der Waals surface area contributed by atoms with Gasteiger partial charge in [-0.15, -0.1) is 11.3 Å².